The number of pyridine rings is 2. The largest absolute Gasteiger partial charge is 0.361 e. The minimum absolute atomic E-state index is 0.397. The number of nitrogens with one attached hydrogen (secondary N) is 1. The zero-order chi connectivity index (χ0) is 17.9. The number of para-hydroxylation sites is 1. The maximum atomic E-state index is 4.95. The predicted octanol–water partition coefficient (Wildman–Crippen LogP) is 5.61. The molecule has 0 saturated heterocycles. The van der Waals surface area contributed by atoms with Gasteiger partial charge in [-0.2, -0.15) is 0 Å². The zero-order valence-electron chi connectivity index (χ0n) is 15.2. The Bertz CT molecular complexity index is 1000. The molecule has 2 atom stereocenters. The van der Waals surface area contributed by atoms with Gasteiger partial charge in [-0.3, -0.25) is 9.97 Å². The summed E-state index contributed by atoms with van der Waals surface area (Å²) in [4.78, 5) is 12.8. The normalized spacial score (nSPS) is 13.6. The highest BCUT2D eigenvalue weighted by molar-refractivity contribution is 5.93. The van der Waals surface area contributed by atoms with E-state index in [0.717, 1.165) is 34.6 Å². The highest BCUT2D eigenvalue weighted by Crippen LogP contribution is 2.28. The van der Waals surface area contributed by atoms with Crippen molar-refractivity contribution in [1.82, 2.24) is 15.0 Å². The van der Waals surface area contributed by atoms with Gasteiger partial charge in [-0.05, 0) is 42.7 Å². The number of benzene rings is 1. The van der Waals surface area contributed by atoms with Crippen LogP contribution in [-0.2, 0) is 6.42 Å². The van der Waals surface area contributed by atoms with Crippen LogP contribution in [-0.4, -0.2) is 15.0 Å². The third-order valence-electron chi connectivity index (χ3n) is 5.21. The molecule has 1 aromatic carbocycles. The smallest absolute Gasteiger partial charge is 0.0726 e. The molecule has 0 saturated carbocycles. The average molecular weight is 341 g/mol. The number of aromatic nitrogens is 3. The van der Waals surface area contributed by atoms with Gasteiger partial charge in [-0.1, -0.05) is 44.2 Å². The second kappa shape index (κ2) is 7.12. The summed E-state index contributed by atoms with van der Waals surface area (Å²) in [6, 6.07) is 20.9. The van der Waals surface area contributed by atoms with Gasteiger partial charge in [0.1, 0.15) is 0 Å². The number of fused-ring (bicyclic) bond motifs is 1. The Labute approximate surface area is 154 Å². The first kappa shape index (κ1) is 16.5. The third-order valence-corrected chi connectivity index (χ3v) is 5.21. The topological polar surface area (TPSA) is 41.6 Å². The predicted molar refractivity (Wildman–Crippen MR) is 107 cm³/mol. The fraction of sp³-hybridized carbons (Fsp3) is 0.217. The fourth-order valence-electron chi connectivity index (χ4n) is 3.49. The average Bonchev–Trinajstić information content (AvgIpc) is 3.17. The van der Waals surface area contributed by atoms with Crippen molar-refractivity contribution in [1.29, 1.82) is 0 Å². The summed E-state index contributed by atoms with van der Waals surface area (Å²) < 4.78 is 0. The Morgan fingerprint density at radius 1 is 0.923 bits per heavy atom. The van der Waals surface area contributed by atoms with Gasteiger partial charge in [-0.25, -0.2) is 0 Å². The molecule has 0 amide bonds. The maximum absolute atomic E-state index is 4.95. The van der Waals surface area contributed by atoms with Gasteiger partial charge in [0.05, 0.1) is 11.2 Å². The van der Waals surface area contributed by atoms with Gasteiger partial charge in [-0.15, -0.1) is 0 Å². The first-order chi connectivity index (χ1) is 12.7. The maximum Gasteiger partial charge on any atom is 0.0726 e. The summed E-state index contributed by atoms with van der Waals surface area (Å²) in [7, 11) is 0. The molecule has 0 aliphatic rings. The lowest BCUT2D eigenvalue weighted by Crippen LogP contribution is -2.11. The Kier molecular flexibility index (Phi) is 4.53. The fourth-order valence-corrected chi connectivity index (χ4v) is 3.49. The molecule has 3 heterocycles. The molecule has 3 heteroatoms. The van der Waals surface area contributed by atoms with E-state index < -0.39 is 0 Å². The highest BCUT2D eigenvalue weighted by atomic mass is 14.7. The molecular formula is C23H23N3. The molecule has 2 unspecified atom stereocenters. The highest BCUT2D eigenvalue weighted by Gasteiger charge is 2.17. The Morgan fingerprint density at radius 3 is 2.65 bits per heavy atom. The number of aromatic amines is 1. The van der Waals surface area contributed by atoms with Gasteiger partial charge < -0.3 is 4.98 Å². The summed E-state index contributed by atoms with van der Waals surface area (Å²) in [6.45, 7) is 4.52. The van der Waals surface area contributed by atoms with E-state index in [2.05, 4.69) is 78.4 Å². The molecule has 130 valence electrons. The van der Waals surface area contributed by atoms with Crippen molar-refractivity contribution < 1.29 is 0 Å². The lowest BCUT2D eigenvalue weighted by Gasteiger charge is -2.19. The van der Waals surface area contributed by atoms with E-state index in [-0.39, 0.29) is 0 Å². The monoisotopic (exact) mass is 341 g/mol. The minimum Gasteiger partial charge on any atom is -0.361 e. The van der Waals surface area contributed by atoms with Gasteiger partial charge in [0.15, 0.2) is 0 Å². The quantitative estimate of drug-likeness (QED) is 0.513. The number of nitrogens with zero attached hydrogens (tertiary/aromatic N) is 2. The molecule has 4 aromatic rings. The molecule has 3 nitrogen and oxygen atoms in total. The van der Waals surface area contributed by atoms with Crippen molar-refractivity contribution in [2.24, 2.45) is 5.92 Å². The molecule has 0 fully saturated rings. The van der Waals surface area contributed by atoms with Gasteiger partial charge in [0.25, 0.3) is 0 Å². The van der Waals surface area contributed by atoms with E-state index in [0.29, 0.717) is 11.8 Å². The van der Waals surface area contributed by atoms with Crippen molar-refractivity contribution in [2.75, 3.05) is 0 Å². The Morgan fingerprint density at radius 2 is 1.81 bits per heavy atom. The number of H-pyrrole nitrogens is 1. The molecule has 4 rings (SSSR count). The van der Waals surface area contributed by atoms with Crippen LogP contribution in [0, 0.1) is 5.92 Å². The van der Waals surface area contributed by atoms with E-state index in [4.69, 9.17) is 4.98 Å². The number of rotatable bonds is 5. The molecule has 0 spiro atoms. The Hall–Kier alpha value is -2.94. The van der Waals surface area contributed by atoms with Crippen molar-refractivity contribution in [3.63, 3.8) is 0 Å². The minimum atomic E-state index is 0.397. The van der Waals surface area contributed by atoms with Crippen molar-refractivity contribution in [3.8, 4) is 11.3 Å². The zero-order valence-corrected chi connectivity index (χ0v) is 15.2. The van der Waals surface area contributed by atoms with E-state index in [1.807, 2.05) is 18.5 Å². The van der Waals surface area contributed by atoms with Crippen LogP contribution in [0.3, 0.4) is 0 Å². The molecule has 0 aliphatic carbocycles. The molecular weight excluding hydrogens is 318 g/mol. The van der Waals surface area contributed by atoms with Crippen LogP contribution in [0.5, 0.6) is 0 Å². The second-order valence-corrected chi connectivity index (χ2v) is 6.99. The van der Waals surface area contributed by atoms with Crippen molar-refractivity contribution >= 4 is 10.9 Å². The van der Waals surface area contributed by atoms with E-state index in [9.17, 15) is 0 Å². The van der Waals surface area contributed by atoms with Crippen molar-refractivity contribution in [3.05, 3.63) is 84.4 Å². The molecule has 0 radical (unpaired) electrons. The lowest BCUT2D eigenvalue weighted by atomic mass is 9.88. The van der Waals surface area contributed by atoms with Crippen LogP contribution in [0.25, 0.3) is 22.2 Å². The number of hydrogen-bond acceptors (Lipinski definition) is 2. The van der Waals surface area contributed by atoms with Crippen LogP contribution in [0.1, 0.15) is 31.2 Å². The van der Waals surface area contributed by atoms with Gasteiger partial charge in [0, 0.05) is 40.6 Å². The standard InChI is InChI=1S/C23H23N3/c1-16(17(2)21-10-3-4-13-24-21)15-19-8-6-11-22(26-19)20-9-5-7-18-12-14-25-23(18)20/h3-14,16-17,25H,15H2,1-2H3. The first-order valence-electron chi connectivity index (χ1n) is 9.15. The van der Waals surface area contributed by atoms with E-state index >= 15 is 0 Å². The van der Waals surface area contributed by atoms with Crippen LogP contribution in [0.15, 0.2) is 73.1 Å². The SMILES string of the molecule is CC(Cc1cccc(-c2cccc3cc[nH]c23)n1)C(C)c1ccccn1. The van der Waals surface area contributed by atoms with E-state index in [1.165, 1.54) is 5.39 Å². The molecule has 3 aromatic heterocycles. The lowest BCUT2D eigenvalue weighted by molar-refractivity contribution is 0.472. The summed E-state index contributed by atoms with van der Waals surface area (Å²) in [6.07, 6.45) is 4.79. The summed E-state index contributed by atoms with van der Waals surface area (Å²) in [5.41, 5.74) is 5.59. The van der Waals surface area contributed by atoms with E-state index in [1.54, 1.807) is 0 Å². The molecule has 26 heavy (non-hydrogen) atoms. The van der Waals surface area contributed by atoms with Crippen LogP contribution in [0.2, 0.25) is 0 Å². The van der Waals surface area contributed by atoms with Crippen LogP contribution in [0.4, 0.5) is 0 Å². The van der Waals surface area contributed by atoms with Crippen molar-refractivity contribution in [2.45, 2.75) is 26.2 Å². The summed E-state index contributed by atoms with van der Waals surface area (Å²) in [5, 5.41) is 1.21. The summed E-state index contributed by atoms with van der Waals surface area (Å²) >= 11 is 0. The van der Waals surface area contributed by atoms with Gasteiger partial charge in [0.2, 0.25) is 0 Å². The van der Waals surface area contributed by atoms with Crippen LogP contribution < -0.4 is 0 Å². The molecule has 1 N–H and O–H groups in total. The number of hydrogen-bond donors (Lipinski definition) is 1. The second-order valence-electron chi connectivity index (χ2n) is 6.99. The first-order valence-corrected chi connectivity index (χ1v) is 9.15. The third kappa shape index (κ3) is 3.25. The molecule has 0 bridgehead atoms. The Balaban J connectivity index is 1.59. The van der Waals surface area contributed by atoms with Gasteiger partial charge >= 0.3 is 0 Å². The summed E-state index contributed by atoms with van der Waals surface area (Å²) in [5.74, 6) is 0.863. The van der Waals surface area contributed by atoms with Crippen LogP contribution >= 0.6 is 0 Å². The molecule has 0 aliphatic heterocycles.